The summed E-state index contributed by atoms with van der Waals surface area (Å²) in [6.07, 6.45) is 5.20. The van der Waals surface area contributed by atoms with Crippen molar-refractivity contribution < 1.29 is 0 Å². The molecule has 2 N–H and O–H groups in total. The molecular weight excluding hydrogens is 178 g/mol. The molecule has 0 bridgehead atoms. The first-order chi connectivity index (χ1) is 6.09. The van der Waals surface area contributed by atoms with Crippen LogP contribution in [-0.2, 0) is 0 Å². The van der Waals surface area contributed by atoms with Crippen molar-refractivity contribution in [3.8, 4) is 0 Å². The zero-order valence-corrected chi connectivity index (χ0v) is 9.94. The van der Waals surface area contributed by atoms with Gasteiger partial charge in [0.15, 0.2) is 0 Å². The van der Waals surface area contributed by atoms with E-state index in [2.05, 4.69) is 32.5 Å². The summed E-state index contributed by atoms with van der Waals surface area (Å²) < 4.78 is 0. The van der Waals surface area contributed by atoms with Crippen molar-refractivity contribution in [2.24, 2.45) is 11.7 Å². The minimum atomic E-state index is 0.477. The van der Waals surface area contributed by atoms with Crippen molar-refractivity contribution in [3.63, 3.8) is 0 Å². The van der Waals surface area contributed by atoms with Gasteiger partial charge in [0.05, 0.1) is 0 Å². The first-order valence-electron chi connectivity index (χ1n) is 5.50. The maximum Gasteiger partial charge on any atom is 0.00645 e. The van der Waals surface area contributed by atoms with Crippen molar-refractivity contribution in [2.75, 3.05) is 0 Å². The smallest absolute Gasteiger partial charge is 0.00645 e. The molecule has 78 valence electrons. The van der Waals surface area contributed by atoms with E-state index in [0.29, 0.717) is 6.04 Å². The van der Waals surface area contributed by atoms with Crippen LogP contribution in [0.2, 0.25) is 0 Å². The Morgan fingerprint density at radius 2 is 1.92 bits per heavy atom. The summed E-state index contributed by atoms with van der Waals surface area (Å²) in [5.41, 5.74) is 5.96. The van der Waals surface area contributed by atoms with E-state index < -0.39 is 0 Å². The summed E-state index contributed by atoms with van der Waals surface area (Å²) in [5, 5.41) is 1.62. The summed E-state index contributed by atoms with van der Waals surface area (Å²) >= 11 is 2.15. The van der Waals surface area contributed by atoms with Crippen molar-refractivity contribution >= 4 is 11.8 Å². The molecule has 1 saturated carbocycles. The van der Waals surface area contributed by atoms with Gasteiger partial charge in [-0.05, 0) is 25.2 Å². The summed E-state index contributed by atoms with van der Waals surface area (Å²) in [6.45, 7) is 6.95. The predicted octanol–water partition coefficient (Wildman–Crippen LogP) is 3.03. The van der Waals surface area contributed by atoms with Crippen LogP contribution < -0.4 is 5.73 Å². The lowest BCUT2D eigenvalue weighted by molar-refractivity contribution is 0.449. The molecule has 3 unspecified atom stereocenters. The normalized spacial score (nSPS) is 32.1. The summed E-state index contributed by atoms with van der Waals surface area (Å²) in [4.78, 5) is 0. The minimum absolute atomic E-state index is 0.477. The summed E-state index contributed by atoms with van der Waals surface area (Å²) in [7, 11) is 0. The first kappa shape index (κ1) is 11.4. The molecule has 13 heavy (non-hydrogen) atoms. The highest BCUT2D eigenvalue weighted by Crippen LogP contribution is 2.32. The Hall–Kier alpha value is 0.310. The van der Waals surface area contributed by atoms with Crippen LogP contribution in [0.3, 0.4) is 0 Å². The van der Waals surface area contributed by atoms with Crippen molar-refractivity contribution in [3.05, 3.63) is 0 Å². The maximum atomic E-state index is 5.96. The molecule has 0 aromatic carbocycles. The molecule has 0 amide bonds. The Morgan fingerprint density at radius 3 is 2.46 bits per heavy atom. The zero-order valence-electron chi connectivity index (χ0n) is 9.12. The minimum Gasteiger partial charge on any atom is -0.328 e. The molecule has 0 aliphatic heterocycles. The summed E-state index contributed by atoms with van der Waals surface area (Å²) in [6, 6.07) is 0.477. The monoisotopic (exact) mass is 201 g/mol. The van der Waals surface area contributed by atoms with Gasteiger partial charge in [-0.25, -0.2) is 0 Å². The fourth-order valence-electron chi connectivity index (χ4n) is 1.77. The predicted molar refractivity (Wildman–Crippen MR) is 62.1 cm³/mol. The number of nitrogens with two attached hydrogens (primary N) is 1. The quantitative estimate of drug-likeness (QED) is 0.759. The van der Waals surface area contributed by atoms with Gasteiger partial charge in [0.2, 0.25) is 0 Å². The van der Waals surface area contributed by atoms with E-state index in [0.717, 1.165) is 16.4 Å². The molecule has 0 aromatic heterocycles. The molecule has 0 saturated heterocycles. The van der Waals surface area contributed by atoms with E-state index in [4.69, 9.17) is 5.73 Å². The Bertz CT molecular complexity index is 147. The van der Waals surface area contributed by atoms with Crippen molar-refractivity contribution in [2.45, 2.75) is 63.0 Å². The van der Waals surface area contributed by atoms with Crippen LogP contribution in [0.1, 0.15) is 46.5 Å². The van der Waals surface area contributed by atoms with Gasteiger partial charge in [-0.15, -0.1) is 0 Å². The number of rotatable bonds is 3. The van der Waals surface area contributed by atoms with Crippen LogP contribution in [-0.4, -0.2) is 16.5 Å². The third kappa shape index (κ3) is 3.90. The van der Waals surface area contributed by atoms with Crippen LogP contribution in [0.4, 0.5) is 0 Å². The molecular formula is C11H23NS. The molecule has 1 fully saturated rings. The lowest BCUT2D eigenvalue weighted by Gasteiger charge is -2.29. The third-order valence-electron chi connectivity index (χ3n) is 3.01. The molecule has 2 heteroatoms. The maximum absolute atomic E-state index is 5.96. The van der Waals surface area contributed by atoms with E-state index in [1.807, 2.05) is 0 Å². The zero-order chi connectivity index (χ0) is 9.84. The van der Waals surface area contributed by atoms with E-state index in [1.165, 1.54) is 25.7 Å². The Kier molecular flexibility index (Phi) is 4.60. The molecule has 0 heterocycles. The fraction of sp³-hybridized carbons (Fsp3) is 1.00. The van der Waals surface area contributed by atoms with Crippen molar-refractivity contribution in [1.29, 1.82) is 0 Å². The third-order valence-corrected chi connectivity index (χ3v) is 4.80. The van der Waals surface area contributed by atoms with Gasteiger partial charge < -0.3 is 5.73 Å². The lowest BCUT2D eigenvalue weighted by Crippen LogP contribution is -2.30. The number of thioether (sulfide) groups is 1. The second-order valence-electron chi connectivity index (χ2n) is 4.63. The van der Waals surface area contributed by atoms with Crippen LogP contribution in [0, 0.1) is 5.92 Å². The molecule has 0 radical (unpaired) electrons. The second-order valence-corrected chi connectivity index (χ2v) is 6.32. The SMILES string of the molecule is CC(C)C(C)SC1CCCC(N)C1. The molecule has 1 aliphatic rings. The van der Waals surface area contributed by atoms with Gasteiger partial charge in [0.1, 0.15) is 0 Å². The highest BCUT2D eigenvalue weighted by molar-refractivity contribution is 8.00. The van der Waals surface area contributed by atoms with Gasteiger partial charge in [-0.1, -0.05) is 27.2 Å². The van der Waals surface area contributed by atoms with Gasteiger partial charge >= 0.3 is 0 Å². The van der Waals surface area contributed by atoms with Gasteiger partial charge in [-0.3, -0.25) is 0 Å². The Morgan fingerprint density at radius 1 is 1.23 bits per heavy atom. The Balaban J connectivity index is 2.27. The largest absolute Gasteiger partial charge is 0.328 e. The highest BCUT2D eigenvalue weighted by atomic mass is 32.2. The van der Waals surface area contributed by atoms with Crippen LogP contribution >= 0.6 is 11.8 Å². The Labute approximate surface area is 86.8 Å². The molecule has 0 spiro atoms. The fourth-order valence-corrected chi connectivity index (χ4v) is 3.35. The van der Waals surface area contributed by atoms with E-state index >= 15 is 0 Å². The average Bonchev–Trinajstić information content (AvgIpc) is 2.04. The molecule has 0 aromatic rings. The molecule has 1 rings (SSSR count). The van der Waals surface area contributed by atoms with Crippen molar-refractivity contribution in [1.82, 2.24) is 0 Å². The number of hydrogen-bond donors (Lipinski definition) is 1. The van der Waals surface area contributed by atoms with Gasteiger partial charge in [0.25, 0.3) is 0 Å². The topological polar surface area (TPSA) is 26.0 Å². The van der Waals surface area contributed by atoms with Gasteiger partial charge in [-0.2, -0.15) is 11.8 Å². The van der Waals surface area contributed by atoms with E-state index in [-0.39, 0.29) is 0 Å². The molecule has 1 aliphatic carbocycles. The summed E-state index contributed by atoms with van der Waals surface area (Å²) in [5.74, 6) is 0.795. The van der Waals surface area contributed by atoms with E-state index in [1.54, 1.807) is 0 Å². The van der Waals surface area contributed by atoms with Gasteiger partial charge in [0, 0.05) is 16.5 Å². The highest BCUT2D eigenvalue weighted by Gasteiger charge is 2.22. The second kappa shape index (κ2) is 5.26. The van der Waals surface area contributed by atoms with Crippen LogP contribution in [0.25, 0.3) is 0 Å². The van der Waals surface area contributed by atoms with Crippen LogP contribution in [0.5, 0.6) is 0 Å². The average molecular weight is 201 g/mol. The molecule has 1 nitrogen and oxygen atoms in total. The van der Waals surface area contributed by atoms with Crippen LogP contribution in [0.15, 0.2) is 0 Å². The van der Waals surface area contributed by atoms with E-state index in [9.17, 15) is 0 Å². The lowest BCUT2D eigenvalue weighted by atomic mass is 9.96. The first-order valence-corrected chi connectivity index (χ1v) is 6.45. The molecule has 3 atom stereocenters. The standard InChI is InChI=1S/C11H23NS/c1-8(2)9(3)13-11-6-4-5-10(12)7-11/h8-11H,4-7,12H2,1-3H3. The number of hydrogen-bond acceptors (Lipinski definition) is 2.